The molecule has 9 heteroatoms. The van der Waals surface area contributed by atoms with Crippen LogP contribution in [-0.4, -0.2) is 52.4 Å². The van der Waals surface area contributed by atoms with Crippen molar-refractivity contribution >= 4 is 23.9 Å². The van der Waals surface area contributed by atoms with Gasteiger partial charge < -0.3 is 24.4 Å². The number of esters is 3. The summed E-state index contributed by atoms with van der Waals surface area (Å²) in [6.07, 6.45) is -0.879. The molecular formula is C34H62O9. The van der Waals surface area contributed by atoms with E-state index in [-0.39, 0.29) is 68.6 Å². The van der Waals surface area contributed by atoms with E-state index in [2.05, 4.69) is 0 Å². The van der Waals surface area contributed by atoms with Crippen molar-refractivity contribution < 1.29 is 43.6 Å². The minimum atomic E-state index is -1.40. The molecule has 0 saturated carbocycles. The van der Waals surface area contributed by atoms with Crippen LogP contribution in [0.5, 0.6) is 0 Å². The van der Waals surface area contributed by atoms with Crippen molar-refractivity contribution in [2.75, 3.05) is 6.61 Å². The molecule has 0 amide bonds. The second kappa shape index (κ2) is 20.1. The fourth-order valence-corrected chi connectivity index (χ4v) is 4.70. The Morgan fingerprint density at radius 2 is 1.30 bits per heavy atom. The van der Waals surface area contributed by atoms with Crippen molar-refractivity contribution in [3.63, 3.8) is 0 Å². The minimum absolute atomic E-state index is 0. The van der Waals surface area contributed by atoms with Crippen LogP contribution in [0.1, 0.15) is 116 Å². The largest absolute Gasteiger partial charge is 0.481 e. The number of hydrogen-bond donors (Lipinski definition) is 2. The molecule has 0 heterocycles. The quantitative estimate of drug-likeness (QED) is 0.152. The van der Waals surface area contributed by atoms with Crippen LogP contribution in [0.15, 0.2) is 30.3 Å². The van der Waals surface area contributed by atoms with E-state index in [0.717, 1.165) is 5.56 Å². The van der Waals surface area contributed by atoms with Crippen LogP contribution in [0.3, 0.4) is 0 Å². The van der Waals surface area contributed by atoms with E-state index in [1.165, 1.54) is 6.92 Å². The topological polar surface area (TPSA) is 136 Å². The predicted molar refractivity (Wildman–Crippen MR) is 172 cm³/mol. The maximum Gasteiger partial charge on any atom is 0.312 e. The normalized spacial score (nSPS) is 15.5. The molecule has 0 radical (unpaired) electrons. The first kappa shape index (κ1) is 47.0. The molecule has 0 aliphatic carbocycles. The lowest BCUT2D eigenvalue weighted by Gasteiger charge is -2.39. The molecule has 0 fully saturated rings. The summed E-state index contributed by atoms with van der Waals surface area (Å²) < 4.78 is 16.5. The fraction of sp³-hybridized carbons (Fsp3) is 0.706. The van der Waals surface area contributed by atoms with E-state index in [9.17, 15) is 29.4 Å². The number of carbonyl (C=O) groups excluding carboxylic acids is 3. The number of hydrogen-bond acceptors (Lipinski definition) is 8. The first-order valence-electron chi connectivity index (χ1n) is 13.4. The van der Waals surface area contributed by atoms with Crippen LogP contribution in [-0.2, 0) is 40.0 Å². The summed E-state index contributed by atoms with van der Waals surface area (Å²) in [6.45, 7) is 12.9. The maximum atomic E-state index is 13.6. The Bertz CT molecular complexity index is 968. The van der Waals surface area contributed by atoms with E-state index in [4.69, 9.17) is 14.2 Å². The molecule has 0 bridgehead atoms. The van der Waals surface area contributed by atoms with Gasteiger partial charge in [-0.3, -0.25) is 19.2 Å². The lowest BCUT2D eigenvalue weighted by molar-refractivity contribution is -0.170. The molecule has 0 aliphatic heterocycles. The first-order chi connectivity index (χ1) is 17.9. The van der Waals surface area contributed by atoms with Crippen LogP contribution >= 0.6 is 0 Å². The Kier molecular flexibility index (Phi) is 22.0. The van der Waals surface area contributed by atoms with Gasteiger partial charge in [-0.15, -0.1) is 0 Å². The van der Waals surface area contributed by atoms with Gasteiger partial charge in [0, 0.05) is 0 Å². The molecule has 2 N–H and O–H groups in total. The Morgan fingerprint density at radius 1 is 0.814 bits per heavy atom. The molecule has 1 aromatic carbocycles. The van der Waals surface area contributed by atoms with Crippen molar-refractivity contribution in [2.24, 2.45) is 22.7 Å². The Balaban J connectivity index is -0.00000190. The molecule has 0 aromatic heterocycles. The summed E-state index contributed by atoms with van der Waals surface area (Å²) in [5.41, 5.74) is -2.78. The van der Waals surface area contributed by atoms with Gasteiger partial charge in [-0.2, -0.15) is 0 Å². The lowest BCUT2D eigenvalue weighted by Crippen LogP contribution is -2.44. The van der Waals surface area contributed by atoms with Crippen LogP contribution < -0.4 is 0 Å². The highest BCUT2D eigenvalue weighted by Gasteiger charge is 2.49. The Morgan fingerprint density at radius 3 is 1.74 bits per heavy atom. The van der Waals surface area contributed by atoms with Crippen molar-refractivity contribution in [1.29, 1.82) is 0 Å². The van der Waals surface area contributed by atoms with Gasteiger partial charge in [0.1, 0.15) is 18.8 Å². The van der Waals surface area contributed by atoms with E-state index in [1.807, 2.05) is 18.2 Å². The number of benzene rings is 1. The van der Waals surface area contributed by atoms with Crippen LogP contribution in [0.2, 0.25) is 0 Å². The highest BCUT2D eigenvalue weighted by molar-refractivity contribution is 5.82. The summed E-state index contributed by atoms with van der Waals surface area (Å²) in [4.78, 5) is 51.8. The molecule has 0 spiro atoms. The first-order valence-corrected chi connectivity index (χ1v) is 13.4. The zero-order chi connectivity index (χ0) is 30.0. The number of carbonyl (C=O) groups is 4. The number of aliphatic carboxylic acids is 1. The molecule has 0 aliphatic rings. The summed E-state index contributed by atoms with van der Waals surface area (Å²) in [6, 6.07) is 9.07. The summed E-state index contributed by atoms with van der Waals surface area (Å²) >= 11 is 0. The fourth-order valence-electron chi connectivity index (χ4n) is 4.70. The lowest BCUT2D eigenvalue weighted by atomic mass is 9.66. The standard InChI is InChI=1S/C30H46O9.4CH4/c1-9-23(24(32)33)16-30(8,27(36)38-18-22-13-11-10-12-14-22)19-29(7,26(35)37-17-21(3)31)15-20(2)25(34)39-28(4,5)6;;;;/h10-14,20-21,23,31H,9,15-19H2,1-8H3,(H,32,33);4*1H4. The third-order valence-electron chi connectivity index (χ3n) is 6.54. The summed E-state index contributed by atoms with van der Waals surface area (Å²) in [5.74, 6) is -4.52. The van der Waals surface area contributed by atoms with Crippen LogP contribution in [0, 0.1) is 22.7 Å². The third-order valence-corrected chi connectivity index (χ3v) is 6.54. The number of carboxylic acid groups (broad SMARTS) is 1. The predicted octanol–water partition coefficient (Wildman–Crippen LogP) is 7.47. The zero-order valence-electron chi connectivity index (χ0n) is 24.6. The number of rotatable bonds is 15. The average molecular weight is 615 g/mol. The molecule has 1 aromatic rings. The van der Waals surface area contributed by atoms with Gasteiger partial charge in [0.15, 0.2) is 0 Å². The van der Waals surface area contributed by atoms with Gasteiger partial charge in [0.05, 0.1) is 28.8 Å². The second-order valence-corrected chi connectivity index (χ2v) is 12.1. The molecule has 252 valence electrons. The number of aliphatic hydroxyl groups is 1. The van der Waals surface area contributed by atoms with E-state index in [0.29, 0.717) is 0 Å². The minimum Gasteiger partial charge on any atom is -0.481 e. The molecule has 1 rings (SSSR count). The molecule has 5 atom stereocenters. The van der Waals surface area contributed by atoms with Gasteiger partial charge in [0.25, 0.3) is 0 Å². The highest BCUT2D eigenvalue weighted by Crippen LogP contribution is 2.45. The van der Waals surface area contributed by atoms with Crippen molar-refractivity contribution in [3.05, 3.63) is 35.9 Å². The average Bonchev–Trinajstić information content (AvgIpc) is 2.83. The smallest absolute Gasteiger partial charge is 0.312 e. The molecule has 5 unspecified atom stereocenters. The number of carboxylic acids is 1. The number of aliphatic hydroxyl groups excluding tert-OH is 1. The van der Waals surface area contributed by atoms with Gasteiger partial charge in [-0.1, -0.05) is 73.9 Å². The molecule has 9 nitrogen and oxygen atoms in total. The molecule has 0 saturated heterocycles. The molecular weight excluding hydrogens is 552 g/mol. The van der Waals surface area contributed by atoms with Gasteiger partial charge >= 0.3 is 23.9 Å². The SMILES string of the molecule is C.C.C.C.CCC(CC(C)(CC(C)(CC(C)C(=O)OC(C)(C)C)C(=O)OCC(C)O)C(=O)OCc1ccccc1)C(=O)O. The zero-order valence-corrected chi connectivity index (χ0v) is 24.6. The maximum absolute atomic E-state index is 13.6. The van der Waals surface area contributed by atoms with Gasteiger partial charge in [-0.05, 0) is 72.8 Å². The monoisotopic (exact) mass is 614 g/mol. The van der Waals surface area contributed by atoms with Crippen molar-refractivity contribution in [3.8, 4) is 0 Å². The number of ether oxygens (including phenoxy) is 3. The van der Waals surface area contributed by atoms with E-state index < -0.39 is 58.2 Å². The third kappa shape index (κ3) is 15.9. The van der Waals surface area contributed by atoms with Gasteiger partial charge in [0.2, 0.25) is 0 Å². The molecule has 43 heavy (non-hydrogen) atoms. The van der Waals surface area contributed by atoms with E-state index in [1.54, 1.807) is 60.6 Å². The Labute approximate surface area is 261 Å². The van der Waals surface area contributed by atoms with Crippen molar-refractivity contribution in [1.82, 2.24) is 0 Å². The van der Waals surface area contributed by atoms with E-state index >= 15 is 0 Å². The van der Waals surface area contributed by atoms with Gasteiger partial charge in [-0.25, -0.2) is 0 Å². The summed E-state index contributed by atoms with van der Waals surface area (Å²) in [5, 5.41) is 19.5. The highest BCUT2D eigenvalue weighted by atomic mass is 16.6. The van der Waals surface area contributed by atoms with Crippen LogP contribution in [0.25, 0.3) is 0 Å². The second-order valence-electron chi connectivity index (χ2n) is 12.1. The Hall–Kier alpha value is -2.94. The van der Waals surface area contributed by atoms with Crippen LogP contribution in [0.4, 0.5) is 0 Å². The summed E-state index contributed by atoms with van der Waals surface area (Å²) in [7, 11) is 0. The van der Waals surface area contributed by atoms with Crippen molar-refractivity contribution in [2.45, 2.75) is 129 Å².